The van der Waals surface area contributed by atoms with Crippen LogP contribution < -0.4 is 5.43 Å². The molecule has 9 N–H and O–H groups in total. The number of phenolic OH excluding ortho intramolecular Hbond substituents is 4. The van der Waals surface area contributed by atoms with Crippen LogP contribution in [0.5, 0.6) is 28.7 Å². The van der Waals surface area contributed by atoms with Gasteiger partial charge in [0.15, 0.2) is 17.3 Å². The van der Waals surface area contributed by atoms with Gasteiger partial charge in [-0.15, -0.1) is 0 Å². The summed E-state index contributed by atoms with van der Waals surface area (Å²) in [5.41, 5.74) is -0.890. The number of aromatic hydroxyl groups is 5. The molecule has 0 amide bonds. The molecule has 3 aromatic rings. The Kier molecular flexibility index (Phi) is 7.99. The van der Waals surface area contributed by atoms with Crippen molar-refractivity contribution in [2.24, 2.45) is 0 Å². The molecule has 0 aliphatic rings. The summed E-state index contributed by atoms with van der Waals surface area (Å²) < 4.78 is 68.5. The van der Waals surface area contributed by atoms with Crippen molar-refractivity contribution >= 4 is 31.8 Å². The van der Waals surface area contributed by atoms with E-state index in [4.69, 9.17) is 39.5 Å². The molecular formula is C15H14O15S2. The van der Waals surface area contributed by atoms with Crippen LogP contribution >= 0.6 is 0 Å². The van der Waals surface area contributed by atoms with Crippen molar-refractivity contribution < 1.29 is 65.0 Å². The van der Waals surface area contributed by atoms with Crippen molar-refractivity contribution in [2.45, 2.75) is 0 Å². The van der Waals surface area contributed by atoms with Crippen LogP contribution in [0.25, 0.3) is 22.3 Å². The predicted molar refractivity (Wildman–Crippen MR) is 105 cm³/mol. The molecule has 32 heavy (non-hydrogen) atoms. The van der Waals surface area contributed by atoms with Crippen LogP contribution in [0, 0.1) is 0 Å². The lowest BCUT2D eigenvalue weighted by Crippen LogP contribution is -2.02. The zero-order valence-electron chi connectivity index (χ0n) is 15.2. The molecule has 1 heterocycles. The van der Waals surface area contributed by atoms with E-state index in [1.165, 1.54) is 6.07 Å². The summed E-state index contributed by atoms with van der Waals surface area (Å²) in [4.78, 5) is 12.1. The minimum Gasteiger partial charge on any atom is -0.508 e. The Bertz CT molecular complexity index is 1360. The molecule has 15 nitrogen and oxygen atoms in total. The van der Waals surface area contributed by atoms with Gasteiger partial charge < -0.3 is 29.9 Å². The Morgan fingerprint density at radius 3 is 1.66 bits per heavy atom. The number of hydrogen-bond acceptors (Lipinski definition) is 11. The quantitative estimate of drug-likeness (QED) is 0.165. The second-order valence-corrected chi connectivity index (χ2v) is 7.34. The summed E-state index contributed by atoms with van der Waals surface area (Å²) in [5, 5.41) is 47.6. The fourth-order valence-corrected chi connectivity index (χ4v) is 2.14. The van der Waals surface area contributed by atoms with Gasteiger partial charge in [-0.25, -0.2) is 0 Å². The summed E-state index contributed by atoms with van der Waals surface area (Å²) in [5.74, 6) is -2.71. The first-order valence-electron chi connectivity index (χ1n) is 7.52. The van der Waals surface area contributed by atoms with Crippen molar-refractivity contribution in [3.8, 4) is 40.1 Å². The van der Waals surface area contributed by atoms with Gasteiger partial charge in [0.05, 0.1) is 0 Å². The summed E-state index contributed by atoms with van der Waals surface area (Å²) >= 11 is 0. The largest absolute Gasteiger partial charge is 0.508 e. The van der Waals surface area contributed by atoms with Crippen LogP contribution in [0.1, 0.15) is 0 Å². The molecule has 17 heteroatoms. The minimum absolute atomic E-state index is 0.134. The normalized spacial score (nSPS) is 11.1. The van der Waals surface area contributed by atoms with E-state index in [2.05, 4.69) is 0 Å². The number of fused-ring (bicyclic) bond motifs is 1. The van der Waals surface area contributed by atoms with E-state index in [9.17, 15) is 30.3 Å². The van der Waals surface area contributed by atoms with Crippen molar-refractivity contribution in [3.63, 3.8) is 0 Å². The van der Waals surface area contributed by atoms with Gasteiger partial charge in [-0.3, -0.25) is 23.0 Å². The highest BCUT2D eigenvalue weighted by molar-refractivity contribution is 7.80. The predicted octanol–water partition coefficient (Wildman–Crippen LogP) is 0.682. The number of phenols is 4. The van der Waals surface area contributed by atoms with Crippen LogP contribution in [0.2, 0.25) is 0 Å². The van der Waals surface area contributed by atoms with Crippen molar-refractivity contribution in [2.75, 3.05) is 0 Å². The van der Waals surface area contributed by atoms with E-state index in [0.717, 1.165) is 24.3 Å². The Morgan fingerprint density at radius 1 is 0.688 bits per heavy atom. The lowest BCUT2D eigenvalue weighted by molar-refractivity contribution is 0.378. The first kappa shape index (κ1) is 26.4. The SMILES string of the molecule is O=S(=O)(O)O.O=S(=O)(O)O.O=c1c(O)c(-c2ccc(O)c(O)c2)oc2cc(O)cc(O)c12. The van der Waals surface area contributed by atoms with E-state index in [0.29, 0.717) is 0 Å². The fourth-order valence-electron chi connectivity index (χ4n) is 2.14. The average molecular weight is 498 g/mol. The molecule has 3 rings (SSSR count). The zero-order chi connectivity index (χ0) is 25.0. The van der Waals surface area contributed by atoms with E-state index in [1.807, 2.05) is 0 Å². The molecule has 0 saturated heterocycles. The standard InChI is InChI=1S/C15H10O7.2H2O4S/c16-7-4-10(19)12-11(5-7)22-15(14(21)13(12)20)6-1-2-8(17)9(18)3-6;2*1-5(2,3)4/h1-5,16-19,21H;2*(H2,1,2,3,4). The second kappa shape index (κ2) is 9.68. The Hall–Kier alpha value is -3.61. The van der Waals surface area contributed by atoms with Crippen LogP contribution in [0.4, 0.5) is 0 Å². The molecule has 0 aliphatic heterocycles. The van der Waals surface area contributed by atoms with Gasteiger partial charge in [0.1, 0.15) is 22.5 Å². The number of rotatable bonds is 1. The molecule has 0 bridgehead atoms. The highest BCUT2D eigenvalue weighted by Crippen LogP contribution is 2.37. The van der Waals surface area contributed by atoms with Gasteiger partial charge in [0, 0.05) is 17.7 Å². The molecule has 0 saturated carbocycles. The van der Waals surface area contributed by atoms with Crippen LogP contribution in [-0.2, 0) is 20.8 Å². The summed E-state index contributed by atoms with van der Waals surface area (Å²) in [6.07, 6.45) is 0. The molecular weight excluding hydrogens is 484 g/mol. The first-order valence-corrected chi connectivity index (χ1v) is 10.3. The highest BCUT2D eigenvalue weighted by Gasteiger charge is 2.19. The van der Waals surface area contributed by atoms with Crippen LogP contribution in [0.3, 0.4) is 0 Å². The molecule has 0 aliphatic carbocycles. The Labute approximate surface area is 177 Å². The number of hydrogen-bond donors (Lipinski definition) is 9. The maximum atomic E-state index is 12.1. The van der Waals surface area contributed by atoms with Crippen LogP contribution in [-0.4, -0.2) is 60.6 Å². The molecule has 0 fully saturated rings. The molecule has 0 spiro atoms. The third kappa shape index (κ3) is 8.26. The summed E-state index contributed by atoms with van der Waals surface area (Å²) in [6.45, 7) is 0. The Morgan fingerprint density at radius 2 is 1.19 bits per heavy atom. The van der Waals surface area contributed by atoms with Crippen molar-refractivity contribution in [1.29, 1.82) is 0 Å². The zero-order valence-corrected chi connectivity index (χ0v) is 16.8. The molecule has 2 aromatic carbocycles. The lowest BCUT2D eigenvalue weighted by Gasteiger charge is -2.08. The minimum atomic E-state index is -4.67. The third-order valence-electron chi connectivity index (χ3n) is 3.17. The van der Waals surface area contributed by atoms with Crippen LogP contribution in [0.15, 0.2) is 39.5 Å². The van der Waals surface area contributed by atoms with Gasteiger partial charge in [-0.05, 0) is 18.2 Å². The monoisotopic (exact) mass is 498 g/mol. The average Bonchev–Trinajstić information content (AvgIpc) is 2.57. The highest BCUT2D eigenvalue weighted by atomic mass is 32.3. The smallest absolute Gasteiger partial charge is 0.394 e. The van der Waals surface area contributed by atoms with Crippen molar-refractivity contribution in [3.05, 3.63) is 40.6 Å². The van der Waals surface area contributed by atoms with E-state index in [-0.39, 0.29) is 33.8 Å². The topological polar surface area (TPSA) is 281 Å². The van der Waals surface area contributed by atoms with Gasteiger partial charge in [-0.2, -0.15) is 16.8 Å². The maximum absolute atomic E-state index is 12.1. The first-order chi connectivity index (χ1) is 14.4. The molecule has 0 radical (unpaired) electrons. The number of benzene rings is 2. The van der Waals surface area contributed by atoms with Gasteiger partial charge in [0.25, 0.3) is 0 Å². The van der Waals surface area contributed by atoms with E-state index in [1.54, 1.807) is 0 Å². The van der Waals surface area contributed by atoms with E-state index < -0.39 is 43.5 Å². The molecule has 1 aromatic heterocycles. The lowest BCUT2D eigenvalue weighted by atomic mass is 10.1. The van der Waals surface area contributed by atoms with E-state index >= 15 is 0 Å². The van der Waals surface area contributed by atoms with Gasteiger partial charge in [-0.1, -0.05) is 0 Å². The molecule has 0 atom stereocenters. The second-order valence-electron chi connectivity index (χ2n) is 5.55. The van der Waals surface area contributed by atoms with Gasteiger partial charge >= 0.3 is 20.8 Å². The Balaban J connectivity index is 0.000000431. The van der Waals surface area contributed by atoms with Gasteiger partial charge in [0.2, 0.25) is 11.2 Å². The molecule has 176 valence electrons. The summed E-state index contributed by atoms with van der Waals surface area (Å²) in [7, 11) is -9.33. The molecule has 0 unspecified atom stereocenters. The third-order valence-corrected chi connectivity index (χ3v) is 3.17. The maximum Gasteiger partial charge on any atom is 0.394 e. The van der Waals surface area contributed by atoms with Crippen molar-refractivity contribution in [1.82, 2.24) is 0 Å². The summed E-state index contributed by atoms with van der Waals surface area (Å²) in [6, 6.07) is 5.64. The fraction of sp³-hybridized carbons (Fsp3) is 0.